The highest BCUT2D eigenvalue weighted by Crippen LogP contribution is 2.14. The summed E-state index contributed by atoms with van der Waals surface area (Å²) in [5.41, 5.74) is 0. The topological polar surface area (TPSA) is 71.7 Å². The molecule has 0 saturated heterocycles. The lowest BCUT2D eigenvalue weighted by atomic mass is 10.2. The van der Waals surface area contributed by atoms with Crippen LogP contribution in [0.15, 0.2) is 27.3 Å². The zero-order valence-corrected chi connectivity index (χ0v) is 11.6. The number of amides is 1. The molecule has 1 atom stereocenters. The minimum atomic E-state index is -0.301. The van der Waals surface area contributed by atoms with Crippen LogP contribution in [0.4, 0.5) is 0 Å². The van der Waals surface area contributed by atoms with E-state index in [0.29, 0.717) is 23.5 Å². The van der Waals surface area contributed by atoms with Gasteiger partial charge in [-0.15, -0.1) is 0 Å². The average Bonchev–Trinajstić information content (AvgIpc) is 2.78. The van der Waals surface area contributed by atoms with Crippen molar-refractivity contribution < 1.29 is 19.1 Å². The van der Waals surface area contributed by atoms with E-state index in [1.54, 1.807) is 25.3 Å². The van der Waals surface area contributed by atoms with Crippen LogP contribution >= 0.6 is 15.9 Å². The maximum atomic E-state index is 11.6. The van der Waals surface area contributed by atoms with Crippen LogP contribution in [0.5, 0.6) is 0 Å². The molecular formula is C12H16BrNO4. The van der Waals surface area contributed by atoms with Gasteiger partial charge in [0.25, 0.3) is 0 Å². The monoisotopic (exact) mass is 317 g/mol. The van der Waals surface area contributed by atoms with Gasteiger partial charge in [-0.05, 0) is 40.6 Å². The molecule has 5 nitrogen and oxygen atoms in total. The number of aliphatic hydroxyl groups excluding tert-OH is 1. The fraction of sp³-hybridized carbons (Fsp3) is 0.417. The molecule has 0 spiro atoms. The summed E-state index contributed by atoms with van der Waals surface area (Å²) in [4.78, 5) is 11.6. The van der Waals surface area contributed by atoms with Crippen molar-refractivity contribution in [1.82, 2.24) is 5.32 Å². The molecule has 0 saturated carbocycles. The van der Waals surface area contributed by atoms with Crippen molar-refractivity contribution in [1.29, 1.82) is 0 Å². The minimum Gasteiger partial charge on any atom is -0.450 e. The van der Waals surface area contributed by atoms with Gasteiger partial charge in [0, 0.05) is 19.8 Å². The number of carbonyl (C=O) groups is 1. The maximum Gasteiger partial charge on any atom is 0.244 e. The third-order valence-corrected chi connectivity index (χ3v) is 2.66. The fourth-order valence-electron chi connectivity index (χ4n) is 1.29. The van der Waals surface area contributed by atoms with E-state index in [2.05, 4.69) is 21.2 Å². The van der Waals surface area contributed by atoms with Crippen LogP contribution in [0.1, 0.15) is 12.2 Å². The Morgan fingerprint density at radius 2 is 2.44 bits per heavy atom. The van der Waals surface area contributed by atoms with Gasteiger partial charge in [-0.3, -0.25) is 4.79 Å². The first kappa shape index (κ1) is 14.9. The SMILES string of the molecule is COCCC(CO)NC(=O)/C=C/c1ccc(Br)o1. The zero-order chi connectivity index (χ0) is 13.4. The van der Waals surface area contributed by atoms with Crippen molar-refractivity contribution in [2.24, 2.45) is 0 Å². The Morgan fingerprint density at radius 1 is 1.67 bits per heavy atom. The van der Waals surface area contributed by atoms with E-state index < -0.39 is 0 Å². The number of nitrogens with one attached hydrogen (secondary N) is 1. The summed E-state index contributed by atoms with van der Waals surface area (Å²) in [5, 5.41) is 11.7. The average molecular weight is 318 g/mol. The third-order valence-electron chi connectivity index (χ3n) is 2.23. The number of aliphatic hydroxyl groups is 1. The smallest absolute Gasteiger partial charge is 0.244 e. The number of halogens is 1. The molecule has 1 unspecified atom stereocenters. The fourth-order valence-corrected chi connectivity index (χ4v) is 1.61. The molecule has 0 aliphatic heterocycles. The van der Waals surface area contributed by atoms with E-state index in [4.69, 9.17) is 14.3 Å². The molecule has 1 rings (SSSR count). The molecular weight excluding hydrogens is 302 g/mol. The van der Waals surface area contributed by atoms with Crippen molar-refractivity contribution in [2.75, 3.05) is 20.3 Å². The number of ether oxygens (including phenoxy) is 1. The van der Waals surface area contributed by atoms with E-state index in [1.165, 1.54) is 6.08 Å². The van der Waals surface area contributed by atoms with Gasteiger partial charge in [0.1, 0.15) is 5.76 Å². The molecule has 1 aromatic heterocycles. The van der Waals surface area contributed by atoms with Crippen LogP contribution in [-0.4, -0.2) is 37.4 Å². The first-order valence-electron chi connectivity index (χ1n) is 5.49. The Labute approximate surface area is 114 Å². The molecule has 0 aromatic carbocycles. The molecule has 0 aliphatic carbocycles. The molecule has 0 fully saturated rings. The normalized spacial score (nSPS) is 12.8. The molecule has 0 aliphatic rings. The summed E-state index contributed by atoms with van der Waals surface area (Å²) in [5.74, 6) is 0.298. The van der Waals surface area contributed by atoms with Crippen LogP contribution in [0.25, 0.3) is 6.08 Å². The second-order valence-corrected chi connectivity index (χ2v) is 4.43. The summed E-state index contributed by atoms with van der Waals surface area (Å²) in [6.45, 7) is 0.371. The Balaban J connectivity index is 2.42. The highest BCUT2D eigenvalue weighted by molar-refractivity contribution is 9.10. The highest BCUT2D eigenvalue weighted by atomic mass is 79.9. The second kappa shape index (κ2) is 8.07. The molecule has 1 aromatic rings. The third kappa shape index (κ3) is 5.48. The van der Waals surface area contributed by atoms with E-state index in [0.717, 1.165) is 0 Å². The lowest BCUT2D eigenvalue weighted by Crippen LogP contribution is -2.37. The standard InChI is InChI=1S/C12H16BrNO4/c1-17-7-6-9(8-15)14-12(16)5-3-10-2-4-11(13)18-10/h2-5,9,15H,6-8H2,1H3,(H,14,16)/b5-3+. The van der Waals surface area contributed by atoms with E-state index >= 15 is 0 Å². The number of rotatable bonds is 7. The van der Waals surface area contributed by atoms with Crippen molar-refractivity contribution in [3.8, 4) is 0 Å². The molecule has 2 N–H and O–H groups in total. The Kier molecular flexibility index (Phi) is 6.70. The first-order chi connectivity index (χ1) is 8.65. The van der Waals surface area contributed by atoms with Crippen molar-refractivity contribution >= 4 is 27.9 Å². The number of furan rings is 1. The van der Waals surface area contributed by atoms with Crippen LogP contribution < -0.4 is 5.32 Å². The number of hydrogen-bond acceptors (Lipinski definition) is 4. The molecule has 18 heavy (non-hydrogen) atoms. The van der Waals surface area contributed by atoms with Gasteiger partial charge in [-0.1, -0.05) is 0 Å². The van der Waals surface area contributed by atoms with Gasteiger partial charge in [0.05, 0.1) is 12.6 Å². The van der Waals surface area contributed by atoms with Gasteiger partial charge in [-0.2, -0.15) is 0 Å². The molecule has 100 valence electrons. The number of hydrogen-bond donors (Lipinski definition) is 2. The van der Waals surface area contributed by atoms with E-state index in [-0.39, 0.29) is 18.6 Å². The van der Waals surface area contributed by atoms with Crippen LogP contribution in [-0.2, 0) is 9.53 Å². The molecule has 1 heterocycles. The van der Waals surface area contributed by atoms with Crippen LogP contribution in [0, 0.1) is 0 Å². The lowest BCUT2D eigenvalue weighted by molar-refractivity contribution is -0.117. The number of carbonyl (C=O) groups excluding carboxylic acids is 1. The predicted molar refractivity (Wildman–Crippen MR) is 71.0 cm³/mol. The summed E-state index contributed by atoms with van der Waals surface area (Å²) in [7, 11) is 1.57. The van der Waals surface area contributed by atoms with Crippen molar-refractivity contribution in [2.45, 2.75) is 12.5 Å². The summed E-state index contributed by atoms with van der Waals surface area (Å²) < 4.78 is 10.7. The van der Waals surface area contributed by atoms with Gasteiger partial charge in [0.15, 0.2) is 4.67 Å². The van der Waals surface area contributed by atoms with Crippen molar-refractivity contribution in [3.05, 3.63) is 28.6 Å². The van der Waals surface area contributed by atoms with Crippen molar-refractivity contribution in [3.63, 3.8) is 0 Å². The Morgan fingerprint density at radius 3 is 3.00 bits per heavy atom. The predicted octanol–water partition coefficient (Wildman–Crippen LogP) is 1.57. The zero-order valence-electron chi connectivity index (χ0n) is 10.1. The molecule has 1 amide bonds. The van der Waals surface area contributed by atoms with Gasteiger partial charge < -0.3 is 19.6 Å². The lowest BCUT2D eigenvalue weighted by Gasteiger charge is -2.14. The molecule has 0 radical (unpaired) electrons. The van der Waals surface area contributed by atoms with Gasteiger partial charge in [0.2, 0.25) is 5.91 Å². The summed E-state index contributed by atoms with van der Waals surface area (Å²) in [6.07, 6.45) is 3.49. The number of methoxy groups -OCH3 is 1. The minimum absolute atomic E-state index is 0.116. The summed E-state index contributed by atoms with van der Waals surface area (Å²) >= 11 is 3.17. The quantitative estimate of drug-likeness (QED) is 0.749. The van der Waals surface area contributed by atoms with E-state index in [1.807, 2.05) is 0 Å². The van der Waals surface area contributed by atoms with E-state index in [9.17, 15) is 4.79 Å². The maximum absolute atomic E-state index is 11.6. The molecule has 6 heteroatoms. The Hall–Kier alpha value is -1.11. The summed E-state index contributed by atoms with van der Waals surface area (Å²) in [6, 6.07) is 3.18. The Bertz CT molecular complexity index is 403. The van der Waals surface area contributed by atoms with Crippen LogP contribution in [0.2, 0.25) is 0 Å². The largest absolute Gasteiger partial charge is 0.450 e. The van der Waals surface area contributed by atoms with Gasteiger partial charge in [-0.25, -0.2) is 0 Å². The highest BCUT2D eigenvalue weighted by Gasteiger charge is 2.08. The first-order valence-corrected chi connectivity index (χ1v) is 6.28. The van der Waals surface area contributed by atoms with Crippen LogP contribution in [0.3, 0.4) is 0 Å². The second-order valence-electron chi connectivity index (χ2n) is 3.64. The molecule has 0 bridgehead atoms. The van der Waals surface area contributed by atoms with Gasteiger partial charge >= 0.3 is 0 Å².